The molecule has 1 amide bonds. The second-order valence-electron chi connectivity index (χ2n) is 5.87. The zero-order chi connectivity index (χ0) is 16.8. The Bertz CT molecular complexity index is 662. The molecule has 24 heavy (non-hydrogen) atoms. The third-order valence-corrected chi connectivity index (χ3v) is 5.10. The first-order valence-electron chi connectivity index (χ1n) is 8.12. The molecule has 0 aliphatic carbocycles. The molecular formula is C17H22N4O2S. The number of nitrogens with zero attached hydrogens (tertiary/aromatic N) is 4. The molecule has 128 valence electrons. The molecule has 1 aliphatic heterocycles. The fraction of sp³-hybridized carbons (Fsp3) is 0.471. The minimum atomic E-state index is 0.114. The molecule has 2 heterocycles. The van der Waals surface area contributed by atoms with Crippen LogP contribution in [0.5, 0.6) is 0 Å². The van der Waals surface area contributed by atoms with Crippen LogP contribution in [0.15, 0.2) is 41.8 Å². The molecule has 0 N–H and O–H groups in total. The number of carbonyl (C=O) groups is 1. The third kappa shape index (κ3) is 4.58. The lowest BCUT2D eigenvalue weighted by molar-refractivity contribution is -0.136. The van der Waals surface area contributed by atoms with Gasteiger partial charge in [0.2, 0.25) is 5.91 Å². The van der Waals surface area contributed by atoms with Gasteiger partial charge in [0, 0.05) is 20.1 Å². The van der Waals surface area contributed by atoms with Crippen molar-refractivity contribution >= 4 is 17.7 Å². The lowest BCUT2D eigenvalue weighted by Crippen LogP contribution is -2.46. The van der Waals surface area contributed by atoms with Crippen LogP contribution in [0, 0.1) is 0 Å². The molecule has 2 aromatic rings. The van der Waals surface area contributed by atoms with Crippen molar-refractivity contribution in [2.24, 2.45) is 7.05 Å². The van der Waals surface area contributed by atoms with E-state index in [4.69, 9.17) is 4.74 Å². The van der Waals surface area contributed by atoms with E-state index in [0.717, 1.165) is 18.0 Å². The van der Waals surface area contributed by atoms with Crippen LogP contribution in [-0.2, 0) is 23.0 Å². The van der Waals surface area contributed by atoms with Crippen molar-refractivity contribution in [1.29, 1.82) is 0 Å². The summed E-state index contributed by atoms with van der Waals surface area (Å²) >= 11 is 1.42. The van der Waals surface area contributed by atoms with Gasteiger partial charge in [-0.2, -0.15) is 0 Å². The predicted octanol–water partition coefficient (Wildman–Crippen LogP) is 1.77. The van der Waals surface area contributed by atoms with Gasteiger partial charge in [0.05, 0.1) is 18.5 Å². The van der Waals surface area contributed by atoms with Crippen LogP contribution in [0.4, 0.5) is 0 Å². The van der Waals surface area contributed by atoms with Gasteiger partial charge in [0.15, 0.2) is 5.16 Å². The average molecular weight is 346 g/mol. The molecule has 1 saturated heterocycles. The lowest BCUT2D eigenvalue weighted by Gasteiger charge is -2.33. The van der Waals surface area contributed by atoms with Gasteiger partial charge < -0.3 is 14.2 Å². The highest BCUT2D eigenvalue weighted by molar-refractivity contribution is 7.99. The standard InChI is InChI=1S/C17H22N4O2S/c1-20-13-18-19-17(20)24-12-16(22)21-9-10-23-15(11-21)8-7-14-5-3-2-4-6-14/h2-6,13,15H,7-12H2,1H3/t15-/m0/s1. The van der Waals surface area contributed by atoms with Crippen LogP contribution in [0.25, 0.3) is 0 Å². The van der Waals surface area contributed by atoms with Gasteiger partial charge in [-0.1, -0.05) is 42.1 Å². The molecule has 6 nitrogen and oxygen atoms in total. The third-order valence-electron chi connectivity index (χ3n) is 4.08. The Kier molecular flexibility index (Phi) is 5.87. The van der Waals surface area contributed by atoms with Crippen LogP contribution in [-0.4, -0.2) is 57.1 Å². The topological polar surface area (TPSA) is 60.2 Å². The summed E-state index contributed by atoms with van der Waals surface area (Å²) in [6, 6.07) is 10.4. The van der Waals surface area contributed by atoms with Crippen LogP contribution >= 0.6 is 11.8 Å². The number of aromatic nitrogens is 3. The minimum absolute atomic E-state index is 0.114. The monoisotopic (exact) mass is 346 g/mol. The molecule has 0 radical (unpaired) electrons. The summed E-state index contributed by atoms with van der Waals surface area (Å²) in [6.45, 7) is 1.95. The number of carbonyl (C=O) groups excluding carboxylic acids is 1. The van der Waals surface area contributed by atoms with Crippen molar-refractivity contribution in [3.05, 3.63) is 42.2 Å². The summed E-state index contributed by atoms with van der Waals surface area (Å²) in [5.74, 6) is 0.522. The van der Waals surface area contributed by atoms with Crippen LogP contribution in [0.1, 0.15) is 12.0 Å². The molecule has 0 saturated carbocycles. The number of ether oxygens (including phenoxy) is 1. The molecule has 1 aromatic carbocycles. The van der Waals surface area contributed by atoms with E-state index >= 15 is 0 Å². The van der Waals surface area contributed by atoms with Gasteiger partial charge in [0.1, 0.15) is 6.33 Å². The molecule has 1 fully saturated rings. The molecule has 1 aliphatic rings. The highest BCUT2D eigenvalue weighted by atomic mass is 32.2. The first-order chi connectivity index (χ1) is 11.7. The van der Waals surface area contributed by atoms with Crippen molar-refractivity contribution < 1.29 is 9.53 Å². The second-order valence-corrected chi connectivity index (χ2v) is 6.81. The van der Waals surface area contributed by atoms with Crippen molar-refractivity contribution in [3.63, 3.8) is 0 Å². The number of rotatable bonds is 6. The Morgan fingerprint density at radius 2 is 2.21 bits per heavy atom. The van der Waals surface area contributed by atoms with Gasteiger partial charge in [0.25, 0.3) is 0 Å². The highest BCUT2D eigenvalue weighted by Crippen LogP contribution is 2.17. The number of thioether (sulfide) groups is 1. The van der Waals surface area contributed by atoms with E-state index in [2.05, 4.69) is 34.5 Å². The highest BCUT2D eigenvalue weighted by Gasteiger charge is 2.24. The molecule has 0 unspecified atom stereocenters. The van der Waals surface area contributed by atoms with Gasteiger partial charge in [-0.05, 0) is 18.4 Å². The van der Waals surface area contributed by atoms with E-state index < -0.39 is 0 Å². The fourth-order valence-electron chi connectivity index (χ4n) is 2.71. The van der Waals surface area contributed by atoms with E-state index in [-0.39, 0.29) is 12.0 Å². The number of hydrogen-bond acceptors (Lipinski definition) is 5. The van der Waals surface area contributed by atoms with E-state index in [0.29, 0.717) is 25.4 Å². The Labute approximate surface area is 146 Å². The molecular weight excluding hydrogens is 324 g/mol. The number of amides is 1. The summed E-state index contributed by atoms with van der Waals surface area (Å²) in [4.78, 5) is 14.3. The van der Waals surface area contributed by atoms with Gasteiger partial charge >= 0.3 is 0 Å². The normalized spacial score (nSPS) is 17.9. The average Bonchev–Trinajstić information content (AvgIpc) is 3.04. The molecule has 0 bridgehead atoms. The summed E-state index contributed by atoms with van der Waals surface area (Å²) in [6.07, 6.45) is 3.66. The number of morpholine rings is 1. The Morgan fingerprint density at radius 1 is 1.38 bits per heavy atom. The molecule has 3 rings (SSSR count). The van der Waals surface area contributed by atoms with Gasteiger partial charge in [-0.15, -0.1) is 10.2 Å². The first-order valence-corrected chi connectivity index (χ1v) is 9.11. The summed E-state index contributed by atoms with van der Waals surface area (Å²) in [5, 5.41) is 8.58. The van der Waals surface area contributed by atoms with Crippen molar-refractivity contribution in [2.45, 2.75) is 24.1 Å². The summed E-state index contributed by atoms with van der Waals surface area (Å²) < 4.78 is 7.64. The maximum absolute atomic E-state index is 12.4. The molecule has 0 spiro atoms. The van der Waals surface area contributed by atoms with Crippen molar-refractivity contribution in [2.75, 3.05) is 25.4 Å². The molecule has 7 heteroatoms. The summed E-state index contributed by atoms with van der Waals surface area (Å²) in [5.41, 5.74) is 1.31. The lowest BCUT2D eigenvalue weighted by atomic mass is 10.1. The van der Waals surface area contributed by atoms with E-state index in [1.807, 2.05) is 22.6 Å². The van der Waals surface area contributed by atoms with Gasteiger partial charge in [-0.25, -0.2) is 0 Å². The molecule has 1 aromatic heterocycles. The van der Waals surface area contributed by atoms with E-state index in [9.17, 15) is 4.79 Å². The maximum Gasteiger partial charge on any atom is 0.233 e. The Hall–Kier alpha value is -1.86. The van der Waals surface area contributed by atoms with E-state index in [1.54, 1.807) is 6.33 Å². The van der Waals surface area contributed by atoms with Gasteiger partial charge in [-0.3, -0.25) is 4.79 Å². The smallest absolute Gasteiger partial charge is 0.233 e. The second kappa shape index (κ2) is 8.30. The molecule has 1 atom stereocenters. The predicted molar refractivity (Wildman–Crippen MR) is 92.8 cm³/mol. The number of aryl methyl sites for hydroxylation is 2. The number of benzene rings is 1. The number of hydrogen-bond donors (Lipinski definition) is 0. The Balaban J connectivity index is 1.46. The largest absolute Gasteiger partial charge is 0.375 e. The minimum Gasteiger partial charge on any atom is -0.375 e. The maximum atomic E-state index is 12.4. The zero-order valence-corrected chi connectivity index (χ0v) is 14.6. The van der Waals surface area contributed by atoms with E-state index in [1.165, 1.54) is 17.3 Å². The first kappa shape index (κ1) is 17.0. The quantitative estimate of drug-likeness (QED) is 0.746. The fourth-order valence-corrected chi connectivity index (χ4v) is 3.50. The van der Waals surface area contributed by atoms with Crippen LogP contribution in [0.2, 0.25) is 0 Å². The summed E-state index contributed by atoms with van der Waals surface area (Å²) in [7, 11) is 1.88. The van der Waals surface area contributed by atoms with Crippen molar-refractivity contribution in [3.8, 4) is 0 Å². The SMILES string of the molecule is Cn1cnnc1SCC(=O)N1CCO[C@@H](CCc2ccccc2)C1. The van der Waals surface area contributed by atoms with Crippen molar-refractivity contribution in [1.82, 2.24) is 19.7 Å². The van der Waals surface area contributed by atoms with Crippen LogP contribution < -0.4 is 0 Å². The van der Waals surface area contributed by atoms with Crippen LogP contribution in [0.3, 0.4) is 0 Å². The Morgan fingerprint density at radius 3 is 2.96 bits per heavy atom. The zero-order valence-electron chi connectivity index (χ0n) is 13.8.